The van der Waals surface area contributed by atoms with E-state index in [0.29, 0.717) is 9.37 Å². The van der Waals surface area contributed by atoms with Gasteiger partial charge in [0.2, 0.25) is 0 Å². The van der Waals surface area contributed by atoms with Crippen molar-refractivity contribution in [3.8, 4) is 0 Å². The molecule has 0 aliphatic heterocycles. The molecular formula is C13H10BrNO3S. The van der Waals surface area contributed by atoms with Crippen LogP contribution in [0.5, 0.6) is 0 Å². The van der Waals surface area contributed by atoms with Gasteiger partial charge in [0, 0.05) is 15.4 Å². The molecule has 0 fully saturated rings. The van der Waals surface area contributed by atoms with Gasteiger partial charge in [-0.05, 0) is 29.8 Å². The van der Waals surface area contributed by atoms with Gasteiger partial charge < -0.3 is 5.11 Å². The van der Waals surface area contributed by atoms with Gasteiger partial charge in [-0.2, -0.15) is 0 Å². The van der Waals surface area contributed by atoms with Gasteiger partial charge in [0.05, 0.1) is 16.4 Å². The molecule has 0 heterocycles. The van der Waals surface area contributed by atoms with Gasteiger partial charge in [0.1, 0.15) is 0 Å². The van der Waals surface area contributed by atoms with Gasteiger partial charge in [-0.15, -0.1) is 0 Å². The third-order valence-corrected chi connectivity index (χ3v) is 4.02. The number of rotatable bonds is 4. The number of hydrogen-bond acceptors (Lipinski definition) is 4. The molecule has 2 aromatic rings. The van der Waals surface area contributed by atoms with Crippen molar-refractivity contribution in [3.05, 3.63) is 62.6 Å². The highest BCUT2D eigenvalue weighted by Gasteiger charge is 2.15. The summed E-state index contributed by atoms with van der Waals surface area (Å²) in [6, 6.07) is 12.2. The van der Waals surface area contributed by atoms with Crippen LogP contribution in [0.3, 0.4) is 0 Å². The summed E-state index contributed by atoms with van der Waals surface area (Å²) in [4.78, 5) is 12.1. The molecule has 0 aromatic heterocycles. The second kappa shape index (κ2) is 6.18. The highest BCUT2D eigenvalue weighted by Crippen LogP contribution is 2.36. The Morgan fingerprint density at radius 3 is 2.47 bits per heavy atom. The van der Waals surface area contributed by atoms with Crippen molar-refractivity contribution >= 4 is 33.4 Å². The molecule has 0 aliphatic carbocycles. The minimum Gasteiger partial charge on any atom is -0.392 e. The quantitative estimate of drug-likeness (QED) is 0.675. The van der Waals surface area contributed by atoms with Gasteiger partial charge in [-0.3, -0.25) is 10.1 Å². The van der Waals surface area contributed by atoms with Crippen LogP contribution in [-0.2, 0) is 6.61 Å². The highest BCUT2D eigenvalue weighted by molar-refractivity contribution is 9.10. The zero-order chi connectivity index (χ0) is 13.8. The zero-order valence-corrected chi connectivity index (χ0v) is 12.1. The minimum atomic E-state index is -0.394. The maximum absolute atomic E-state index is 11.0. The van der Waals surface area contributed by atoms with Crippen LogP contribution in [0.25, 0.3) is 0 Å². The maximum Gasteiger partial charge on any atom is 0.284 e. The van der Waals surface area contributed by atoms with Crippen LogP contribution in [0.15, 0.2) is 56.7 Å². The number of benzene rings is 2. The van der Waals surface area contributed by atoms with E-state index in [1.807, 2.05) is 12.1 Å². The Balaban J connectivity index is 2.29. The number of nitro groups is 1. The molecule has 2 aromatic carbocycles. The fraction of sp³-hybridized carbons (Fsp3) is 0.0769. The third-order valence-electron chi connectivity index (χ3n) is 2.45. The molecule has 0 amide bonds. The molecular weight excluding hydrogens is 330 g/mol. The van der Waals surface area contributed by atoms with Crippen LogP contribution in [-0.4, -0.2) is 10.0 Å². The number of aliphatic hydroxyl groups is 1. The summed E-state index contributed by atoms with van der Waals surface area (Å²) in [5.74, 6) is 0. The summed E-state index contributed by atoms with van der Waals surface area (Å²) in [5.41, 5.74) is 0.889. The van der Waals surface area contributed by atoms with E-state index in [4.69, 9.17) is 5.11 Å². The Labute approximate surface area is 122 Å². The number of aliphatic hydroxyl groups excluding tert-OH is 1. The fourth-order valence-electron chi connectivity index (χ4n) is 1.51. The van der Waals surface area contributed by atoms with Crippen molar-refractivity contribution in [1.29, 1.82) is 0 Å². The van der Waals surface area contributed by atoms with E-state index in [1.165, 1.54) is 17.8 Å². The average molecular weight is 340 g/mol. The van der Waals surface area contributed by atoms with E-state index in [-0.39, 0.29) is 12.3 Å². The molecule has 0 saturated carbocycles. The lowest BCUT2D eigenvalue weighted by molar-refractivity contribution is -0.387. The van der Waals surface area contributed by atoms with Crippen molar-refractivity contribution < 1.29 is 10.0 Å². The SMILES string of the molecule is O=[N+]([O-])c1cc(Br)ccc1Sc1ccc(CO)cc1. The van der Waals surface area contributed by atoms with Gasteiger partial charge in [0.15, 0.2) is 0 Å². The standard InChI is InChI=1S/C13H10BrNO3S/c14-10-3-6-13(12(7-10)15(17)18)19-11-4-1-9(8-16)2-5-11/h1-7,16H,8H2. The summed E-state index contributed by atoms with van der Waals surface area (Å²) >= 11 is 4.55. The Hall–Kier alpha value is -1.37. The molecule has 6 heteroatoms. The number of halogens is 1. The second-order valence-corrected chi connectivity index (χ2v) is 5.80. The van der Waals surface area contributed by atoms with Crippen molar-refractivity contribution in [2.24, 2.45) is 0 Å². The molecule has 0 atom stereocenters. The maximum atomic E-state index is 11.0. The Morgan fingerprint density at radius 2 is 1.89 bits per heavy atom. The number of nitrogens with zero attached hydrogens (tertiary/aromatic N) is 1. The molecule has 0 spiro atoms. The first kappa shape index (κ1) is 14.0. The third kappa shape index (κ3) is 3.56. The van der Waals surface area contributed by atoms with E-state index in [9.17, 15) is 10.1 Å². The van der Waals surface area contributed by atoms with Crippen molar-refractivity contribution in [3.63, 3.8) is 0 Å². The van der Waals surface area contributed by atoms with Crippen LogP contribution >= 0.6 is 27.7 Å². The van der Waals surface area contributed by atoms with E-state index in [2.05, 4.69) is 15.9 Å². The topological polar surface area (TPSA) is 63.4 Å². The summed E-state index contributed by atoms with van der Waals surface area (Å²) in [7, 11) is 0. The Bertz CT molecular complexity index is 601. The molecule has 0 radical (unpaired) electrons. The van der Waals surface area contributed by atoms with Crippen molar-refractivity contribution in [2.45, 2.75) is 16.4 Å². The first-order chi connectivity index (χ1) is 9.10. The van der Waals surface area contributed by atoms with Crippen molar-refractivity contribution in [1.82, 2.24) is 0 Å². The minimum absolute atomic E-state index is 0.0105. The predicted molar refractivity (Wildman–Crippen MR) is 77.3 cm³/mol. The number of hydrogen-bond donors (Lipinski definition) is 1. The second-order valence-electron chi connectivity index (χ2n) is 3.77. The molecule has 0 bridgehead atoms. The molecule has 0 aliphatic rings. The van der Waals surface area contributed by atoms with Crippen LogP contribution in [0, 0.1) is 10.1 Å². The predicted octanol–water partition coefficient (Wildman–Crippen LogP) is 4.00. The summed E-state index contributed by atoms with van der Waals surface area (Å²) in [6.07, 6.45) is 0. The normalized spacial score (nSPS) is 10.4. The molecule has 98 valence electrons. The van der Waals surface area contributed by atoms with Gasteiger partial charge in [0.25, 0.3) is 5.69 Å². The van der Waals surface area contributed by atoms with Gasteiger partial charge in [-0.1, -0.05) is 39.8 Å². The van der Waals surface area contributed by atoms with E-state index >= 15 is 0 Å². The molecule has 0 saturated heterocycles. The van der Waals surface area contributed by atoms with Gasteiger partial charge in [-0.25, -0.2) is 0 Å². The molecule has 4 nitrogen and oxygen atoms in total. The van der Waals surface area contributed by atoms with E-state index in [1.54, 1.807) is 24.3 Å². The Kier molecular flexibility index (Phi) is 4.57. The Morgan fingerprint density at radius 1 is 1.21 bits per heavy atom. The van der Waals surface area contributed by atoms with E-state index < -0.39 is 4.92 Å². The highest BCUT2D eigenvalue weighted by atomic mass is 79.9. The molecule has 19 heavy (non-hydrogen) atoms. The monoisotopic (exact) mass is 339 g/mol. The molecule has 2 rings (SSSR count). The lowest BCUT2D eigenvalue weighted by atomic mass is 10.2. The first-order valence-corrected chi connectivity index (χ1v) is 7.02. The van der Waals surface area contributed by atoms with Crippen LogP contribution < -0.4 is 0 Å². The fourth-order valence-corrected chi connectivity index (χ4v) is 2.76. The van der Waals surface area contributed by atoms with Gasteiger partial charge >= 0.3 is 0 Å². The van der Waals surface area contributed by atoms with Crippen LogP contribution in [0.1, 0.15) is 5.56 Å². The summed E-state index contributed by atoms with van der Waals surface area (Å²) in [6.45, 7) is -0.0105. The lowest BCUT2D eigenvalue weighted by Crippen LogP contribution is -1.90. The van der Waals surface area contributed by atoms with Crippen LogP contribution in [0.2, 0.25) is 0 Å². The van der Waals surface area contributed by atoms with E-state index in [0.717, 1.165) is 10.5 Å². The molecule has 1 N–H and O–H groups in total. The summed E-state index contributed by atoms with van der Waals surface area (Å²) < 4.78 is 0.680. The zero-order valence-electron chi connectivity index (χ0n) is 9.75. The number of nitro benzene ring substituents is 1. The van der Waals surface area contributed by atoms with Crippen molar-refractivity contribution in [2.75, 3.05) is 0 Å². The molecule has 0 unspecified atom stereocenters. The van der Waals surface area contributed by atoms with Crippen LogP contribution in [0.4, 0.5) is 5.69 Å². The largest absolute Gasteiger partial charge is 0.392 e. The first-order valence-electron chi connectivity index (χ1n) is 5.42. The average Bonchev–Trinajstić information content (AvgIpc) is 2.41. The lowest BCUT2D eigenvalue weighted by Gasteiger charge is -2.04. The summed E-state index contributed by atoms with van der Waals surface area (Å²) in [5, 5.41) is 20.0. The smallest absolute Gasteiger partial charge is 0.284 e.